The summed E-state index contributed by atoms with van der Waals surface area (Å²) in [6, 6.07) is 13.1. The highest BCUT2D eigenvalue weighted by molar-refractivity contribution is 7.85. The molecule has 6 heteroatoms. The standard InChI is InChI=1S/C19H19NO4S/c21-13-7-9-20(10-8-13)19(22)12-25(23)14-5-6-18-16(11-14)15-3-1-2-4-17(15)24-18/h1-6,11,13,21H,7-10,12H2. The summed E-state index contributed by atoms with van der Waals surface area (Å²) in [5, 5.41) is 11.4. The molecule has 3 aromatic rings. The van der Waals surface area contributed by atoms with Crippen molar-refractivity contribution in [3.8, 4) is 0 Å². The highest BCUT2D eigenvalue weighted by atomic mass is 32.2. The van der Waals surface area contributed by atoms with Crippen molar-refractivity contribution in [1.29, 1.82) is 0 Å². The number of rotatable bonds is 3. The quantitative estimate of drug-likeness (QED) is 0.782. The van der Waals surface area contributed by atoms with Crippen molar-refractivity contribution < 1.29 is 18.5 Å². The molecule has 2 aromatic carbocycles. The summed E-state index contributed by atoms with van der Waals surface area (Å²) in [4.78, 5) is 14.7. The smallest absolute Gasteiger partial charge is 0.235 e. The first-order chi connectivity index (χ1) is 12.1. The molecule has 0 bridgehead atoms. The molecule has 1 aliphatic rings. The molecule has 1 N–H and O–H groups in total. The summed E-state index contributed by atoms with van der Waals surface area (Å²) in [6.45, 7) is 1.06. The minimum absolute atomic E-state index is 0.0304. The van der Waals surface area contributed by atoms with Crippen LogP contribution in [0.3, 0.4) is 0 Å². The van der Waals surface area contributed by atoms with Crippen molar-refractivity contribution >= 4 is 38.6 Å². The van der Waals surface area contributed by atoms with E-state index < -0.39 is 10.8 Å². The zero-order chi connectivity index (χ0) is 17.4. The number of piperidine rings is 1. The highest BCUT2D eigenvalue weighted by Crippen LogP contribution is 2.30. The predicted molar refractivity (Wildman–Crippen MR) is 96.8 cm³/mol. The summed E-state index contributed by atoms with van der Waals surface area (Å²) in [6.07, 6.45) is 0.850. The number of nitrogens with zero attached hydrogens (tertiary/aromatic N) is 1. The molecule has 0 aliphatic carbocycles. The van der Waals surface area contributed by atoms with E-state index in [-0.39, 0.29) is 17.8 Å². The van der Waals surface area contributed by atoms with Gasteiger partial charge in [0.2, 0.25) is 5.91 Å². The lowest BCUT2D eigenvalue weighted by atomic mass is 10.1. The number of aliphatic hydroxyl groups excluding tert-OH is 1. The molecule has 25 heavy (non-hydrogen) atoms. The molecule has 130 valence electrons. The molecule has 1 aromatic heterocycles. The molecule has 1 fully saturated rings. The van der Waals surface area contributed by atoms with E-state index in [1.54, 1.807) is 11.0 Å². The van der Waals surface area contributed by atoms with Gasteiger partial charge in [-0.25, -0.2) is 0 Å². The van der Waals surface area contributed by atoms with Crippen LogP contribution in [-0.2, 0) is 15.6 Å². The lowest BCUT2D eigenvalue weighted by Gasteiger charge is -2.29. The Kier molecular flexibility index (Phi) is 4.31. The Labute approximate surface area is 147 Å². The monoisotopic (exact) mass is 357 g/mol. The van der Waals surface area contributed by atoms with E-state index in [0.29, 0.717) is 30.8 Å². The Morgan fingerprint density at radius 2 is 1.84 bits per heavy atom. The summed E-state index contributed by atoms with van der Waals surface area (Å²) in [5.74, 6) is -0.153. The van der Waals surface area contributed by atoms with Gasteiger partial charge in [-0.1, -0.05) is 18.2 Å². The first-order valence-electron chi connectivity index (χ1n) is 8.37. The molecule has 0 saturated carbocycles. The number of fused-ring (bicyclic) bond motifs is 3. The number of hydrogen-bond donors (Lipinski definition) is 1. The number of hydrogen-bond acceptors (Lipinski definition) is 4. The third-order valence-corrected chi connectivity index (χ3v) is 5.97. The fraction of sp³-hybridized carbons (Fsp3) is 0.316. The molecule has 4 rings (SSSR count). The number of para-hydroxylation sites is 1. The second-order valence-electron chi connectivity index (χ2n) is 6.36. The first-order valence-corrected chi connectivity index (χ1v) is 9.69. The fourth-order valence-corrected chi connectivity index (χ4v) is 4.29. The zero-order valence-electron chi connectivity index (χ0n) is 13.7. The van der Waals surface area contributed by atoms with Crippen LogP contribution in [0, 0.1) is 0 Å². The van der Waals surface area contributed by atoms with Gasteiger partial charge in [0.25, 0.3) is 0 Å². The number of carbonyl (C=O) groups is 1. The Bertz CT molecular complexity index is 956. The van der Waals surface area contributed by atoms with Crippen LogP contribution in [0.25, 0.3) is 21.9 Å². The molecule has 0 spiro atoms. The van der Waals surface area contributed by atoms with Crippen LogP contribution < -0.4 is 0 Å². The van der Waals surface area contributed by atoms with Crippen molar-refractivity contribution in [1.82, 2.24) is 4.90 Å². The number of aliphatic hydroxyl groups is 1. The molecule has 1 amide bonds. The molecule has 1 aliphatic heterocycles. The SMILES string of the molecule is O=C(CS(=O)c1ccc2oc3ccccc3c2c1)N1CCC(O)CC1. The van der Waals surface area contributed by atoms with Gasteiger partial charge in [0.05, 0.1) is 16.9 Å². The van der Waals surface area contributed by atoms with E-state index in [9.17, 15) is 14.1 Å². The van der Waals surface area contributed by atoms with Gasteiger partial charge >= 0.3 is 0 Å². The minimum Gasteiger partial charge on any atom is -0.456 e. The molecular weight excluding hydrogens is 338 g/mol. The topological polar surface area (TPSA) is 70.8 Å². The van der Waals surface area contributed by atoms with Gasteiger partial charge in [-0.15, -0.1) is 0 Å². The molecule has 2 heterocycles. The maximum atomic E-state index is 12.6. The van der Waals surface area contributed by atoms with Gasteiger partial charge in [-0.05, 0) is 37.1 Å². The van der Waals surface area contributed by atoms with Crippen LogP contribution in [0.4, 0.5) is 0 Å². The van der Waals surface area contributed by atoms with E-state index >= 15 is 0 Å². The Morgan fingerprint density at radius 3 is 2.64 bits per heavy atom. The van der Waals surface area contributed by atoms with Gasteiger partial charge in [0.1, 0.15) is 16.9 Å². The second-order valence-corrected chi connectivity index (χ2v) is 7.81. The van der Waals surface area contributed by atoms with E-state index in [1.807, 2.05) is 36.4 Å². The van der Waals surface area contributed by atoms with Gasteiger partial charge in [-0.2, -0.15) is 0 Å². The second kappa shape index (κ2) is 6.61. The lowest BCUT2D eigenvalue weighted by Crippen LogP contribution is -2.42. The van der Waals surface area contributed by atoms with E-state index in [1.165, 1.54) is 0 Å². The number of likely N-dealkylation sites (tertiary alicyclic amines) is 1. The van der Waals surface area contributed by atoms with Gasteiger partial charge in [0.15, 0.2) is 0 Å². The van der Waals surface area contributed by atoms with Crippen LogP contribution >= 0.6 is 0 Å². The molecule has 1 atom stereocenters. The van der Waals surface area contributed by atoms with Gasteiger partial charge in [-0.3, -0.25) is 9.00 Å². The molecule has 5 nitrogen and oxygen atoms in total. The van der Waals surface area contributed by atoms with Crippen LogP contribution in [0.5, 0.6) is 0 Å². The maximum Gasteiger partial charge on any atom is 0.235 e. The average molecular weight is 357 g/mol. The summed E-state index contributed by atoms with van der Waals surface area (Å²) >= 11 is 0. The predicted octanol–water partition coefficient (Wildman–Crippen LogP) is 2.68. The van der Waals surface area contributed by atoms with Gasteiger partial charge < -0.3 is 14.4 Å². The van der Waals surface area contributed by atoms with Crippen molar-refractivity contribution in [2.75, 3.05) is 18.8 Å². The van der Waals surface area contributed by atoms with Crippen molar-refractivity contribution in [3.63, 3.8) is 0 Å². The molecule has 1 unspecified atom stereocenters. The zero-order valence-corrected chi connectivity index (χ0v) is 14.5. The van der Waals surface area contributed by atoms with Gasteiger partial charge in [0, 0.05) is 28.8 Å². The van der Waals surface area contributed by atoms with Crippen molar-refractivity contribution in [2.24, 2.45) is 0 Å². The number of furan rings is 1. The number of carbonyl (C=O) groups excluding carboxylic acids is 1. The first kappa shape index (κ1) is 16.3. The fourth-order valence-electron chi connectivity index (χ4n) is 3.25. The Morgan fingerprint density at radius 1 is 1.12 bits per heavy atom. The summed E-state index contributed by atoms with van der Waals surface area (Å²) < 4.78 is 18.4. The Balaban J connectivity index is 1.55. The molecule has 0 radical (unpaired) electrons. The minimum atomic E-state index is -1.40. The highest BCUT2D eigenvalue weighted by Gasteiger charge is 2.23. The van der Waals surface area contributed by atoms with Crippen LogP contribution in [0.1, 0.15) is 12.8 Å². The third kappa shape index (κ3) is 3.19. The number of benzene rings is 2. The summed E-state index contributed by atoms with van der Waals surface area (Å²) in [7, 11) is -1.40. The van der Waals surface area contributed by atoms with Crippen LogP contribution in [-0.4, -0.2) is 45.1 Å². The van der Waals surface area contributed by atoms with E-state index in [0.717, 1.165) is 21.9 Å². The normalized spacial score (nSPS) is 17.2. The molecule has 1 saturated heterocycles. The average Bonchev–Trinajstić information content (AvgIpc) is 3.00. The van der Waals surface area contributed by atoms with Crippen molar-refractivity contribution in [3.05, 3.63) is 42.5 Å². The third-order valence-electron chi connectivity index (χ3n) is 4.68. The van der Waals surface area contributed by atoms with Crippen LogP contribution in [0.2, 0.25) is 0 Å². The molecular formula is C19H19NO4S. The van der Waals surface area contributed by atoms with E-state index in [2.05, 4.69) is 0 Å². The van der Waals surface area contributed by atoms with Crippen molar-refractivity contribution in [2.45, 2.75) is 23.8 Å². The van der Waals surface area contributed by atoms with E-state index in [4.69, 9.17) is 4.42 Å². The lowest BCUT2D eigenvalue weighted by molar-refractivity contribution is -0.130. The van der Waals surface area contributed by atoms with Crippen LogP contribution in [0.15, 0.2) is 51.8 Å². The number of amides is 1. The summed E-state index contributed by atoms with van der Waals surface area (Å²) in [5.41, 5.74) is 1.54. The largest absolute Gasteiger partial charge is 0.456 e. The Hall–Kier alpha value is -2.18. The maximum absolute atomic E-state index is 12.6.